The molecule has 1 aromatic heterocycles. The molecule has 2 atom stereocenters. The molecular formula is C10H15ClN2O. The summed E-state index contributed by atoms with van der Waals surface area (Å²) < 4.78 is 7.82. The van der Waals surface area contributed by atoms with E-state index in [1.54, 1.807) is 6.20 Å². The third-order valence-electron chi connectivity index (χ3n) is 2.64. The van der Waals surface area contributed by atoms with Crippen LogP contribution in [0.5, 0.6) is 0 Å². The zero-order valence-electron chi connectivity index (χ0n) is 8.32. The lowest BCUT2D eigenvalue weighted by atomic mass is 10.2. The highest BCUT2D eigenvalue weighted by Crippen LogP contribution is 2.20. The molecule has 14 heavy (non-hydrogen) atoms. The van der Waals surface area contributed by atoms with Crippen molar-refractivity contribution in [2.24, 2.45) is 0 Å². The Balaban J connectivity index is 1.97. The van der Waals surface area contributed by atoms with E-state index in [4.69, 9.17) is 16.3 Å². The van der Waals surface area contributed by atoms with Crippen LogP contribution in [-0.2, 0) is 17.2 Å². The van der Waals surface area contributed by atoms with E-state index in [-0.39, 0.29) is 0 Å². The second-order valence-corrected chi connectivity index (χ2v) is 4.04. The second kappa shape index (κ2) is 4.32. The lowest BCUT2D eigenvalue weighted by Gasteiger charge is -2.13. The first-order valence-electron chi connectivity index (χ1n) is 5.01. The van der Waals surface area contributed by atoms with Gasteiger partial charge in [-0.15, -0.1) is 11.6 Å². The van der Waals surface area contributed by atoms with Gasteiger partial charge in [0.15, 0.2) is 0 Å². The van der Waals surface area contributed by atoms with Crippen molar-refractivity contribution in [2.75, 3.05) is 0 Å². The fraction of sp³-hybridized carbons (Fsp3) is 0.700. The summed E-state index contributed by atoms with van der Waals surface area (Å²) in [4.78, 5) is 4.17. The minimum absolute atomic E-state index is 0.334. The smallest absolute Gasteiger partial charge is 0.123 e. The van der Waals surface area contributed by atoms with Gasteiger partial charge in [0.1, 0.15) is 5.82 Å². The molecule has 1 aliphatic heterocycles. The molecule has 0 bridgehead atoms. The van der Waals surface area contributed by atoms with Gasteiger partial charge in [0.05, 0.1) is 24.6 Å². The molecule has 2 rings (SSSR count). The summed E-state index contributed by atoms with van der Waals surface area (Å²) >= 11 is 5.76. The van der Waals surface area contributed by atoms with Crippen molar-refractivity contribution in [1.29, 1.82) is 0 Å². The van der Waals surface area contributed by atoms with E-state index in [0.29, 0.717) is 18.1 Å². The molecule has 4 heteroatoms. The van der Waals surface area contributed by atoms with Crippen LogP contribution < -0.4 is 0 Å². The van der Waals surface area contributed by atoms with Crippen molar-refractivity contribution in [2.45, 2.75) is 44.4 Å². The van der Waals surface area contributed by atoms with Crippen molar-refractivity contribution in [3.63, 3.8) is 0 Å². The van der Waals surface area contributed by atoms with Crippen molar-refractivity contribution in [1.82, 2.24) is 9.55 Å². The van der Waals surface area contributed by atoms with E-state index in [0.717, 1.165) is 25.2 Å². The average molecular weight is 215 g/mol. The van der Waals surface area contributed by atoms with Gasteiger partial charge in [-0.05, 0) is 19.8 Å². The standard InChI is InChI=1S/C10H15ClN2O/c1-8-2-3-9(14-8)7-13-5-4-12-10(13)6-11/h4-5,8-9H,2-3,6-7H2,1H3. The van der Waals surface area contributed by atoms with Crippen LogP contribution in [-0.4, -0.2) is 21.8 Å². The molecule has 3 nitrogen and oxygen atoms in total. The Bertz CT molecular complexity index is 300. The first-order chi connectivity index (χ1) is 6.79. The number of alkyl halides is 1. The Morgan fingerprint density at radius 2 is 2.50 bits per heavy atom. The van der Waals surface area contributed by atoms with Crippen LogP contribution >= 0.6 is 11.6 Å². The molecule has 0 saturated carbocycles. The van der Waals surface area contributed by atoms with Crippen molar-refractivity contribution in [3.05, 3.63) is 18.2 Å². The van der Waals surface area contributed by atoms with E-state index < -0.39 is 0 Å². The average Bonchev–Trinajstić information content (AvgIpc) is 2.76. The van der Waals surface area contributed by atoms with Crippen molar-refractivity contribution < 1.29 is 4.74 Å². The van der Waals surface area contributed by atoms with Gasteiger partial charge in [0.25, 0.3) is 0 Å². The van der Waals surface area contributed by atoms with Gasteiger partial charge in [-0.1, -0.05) is 0 Å². The van der Waals surface area contributed by atoms with Crippen LogP contribution in [0, 0.1) is 0 Å². The van der Waals surface area contributed by atoms with Gasteiger partial charge in [-0.3, -0.25) is 0 Å². The van der Waals surface area contributed by atoms with Gasteiger partial charge in [0.2, 0.25) is 0 Å². The molecule has 1 aromatic rings. The van der Waals surface area contributed by atoms with Gasteiger partial charge >= 0.3 is 0 Å². The Kier molecular flexibility index (Phi) is 3.08. The maximum absolute atomic E-state index is 5.76. The number of halogens is 1. The lowest BCUT2D eigenvalue weighted by molar-refractivity contribution is 0.0454. The van der Waals surface area contributed by atoms with Crippen LogP contribution in [0.25, 0.3) is 0 Å². The quantitative estimate of drug-likeness (QED) is 0.722. The third-order valence-corrected chi connectivity index (χ3v) is 2.88. The van der Waals surface area contributed by atoms with Crippen LogP contribution in [0.1, 0.15) is 25.6 Å². The maximum atomic E-state index is 5.76. The van der Waals surface area contributed by atoms with E-state index in [9.17, 15) is 0 Å². The SMILES string of the molecule is CC1CCC(Cn2ccnc2CCl)O1. The van der Waals surface area contributed by atoms with Crippen LogP contribution in [0.4, 0.5) is 0 Å². The second-order valence-electron chi connectivity index (χ2n) is 3.78. The molecule has 0 N–H and O–H groups in total. The normalized spacial score (nSPS) is 27.0. The van der Waals surface area contributed by atoms with Gasteiger partial charge in [-0.2, -0.15) is 0 Å². The Labute approximate surface area is 89.0 Å². The molecule has 0 aromatic carbocycles. The Hall–Kier alpha value is -0.540. The van der Waals surface area contributed by atoms with E-state index >= 15 is 0 Å². The molecular weight excluding hydrogens is 200 g/mol. The topological polar surface area (TPSA) is 27.1 Å². The fourth-order valence-corrected chi connectivity index (χ4v) is 2.10. The molecule has 0 spiro atoms. The third kappa shape index (κ3) is 2.10. The fourth-order valence-electron chi connectivity index (χ4n) is 1.88. The van der Waals surface area contributed by atoms with Crippen molar-refractivity contribution in [3.8, 4) is 0 Å². The minimum Gasteiger partial charge on any atom is -0.373 e. The number of nitrogens with zero attached hydrogens (tertiary/aromatic N) is 2. The predicted octanol–water partition coefficient (Wildman–Crippen LogP) is 2.19. The number of hydrogen-bond donors (Lipinski definition) is 0. The van der Waals surface area contributed by atoms with Crippen LogP contribution in [0.3, 0.4) is 0 Å². The van der Waals surface area contributed by atoms with Gasteiger partial charge in [-0.25, -0.2) is 4.98 Å². The van der Waals surface area contributed by atoms with E-state index in [1.165, 1.54) is 0 Å². The summed E-state index contributed by atoms with van der Waals surface area (Å²) in [5.41, 5.74) is 0. The van der Waals surface area contributed by atoms with Gasteiger partial charge < -0.3 is 9.30 Å². The van der Waals surface area contributed by atoms with Crippen molar-refractivity contribution >= 4 is 11.6 Å². The van der Waals surface area contributed by atoms with Gasteiger partial charge in [0, 0.05) is 12.4 Å². The predicted molar refractivity (Wildman–Crippen MR) is 55.4 cm³/mol. The minimum atomic E-state index is 0.334. The molecule has 0 radical (unpaired) electrons. The number of ether oxygens (including phenoxy) is 1. The summed E-state index contributed by atoms with van der Waals surface area (Å²) in [6.07, 6.45) is 6.79. The summed E-state index contributed by atoms with van der Waals surface area (Å²) in [6.45, 7) is 3.00. The Morgan fingerprint density at radius 1 is 1.64 bits per heavy atom. The van der Waals surface area contributed by atoms with E-state index in [2.05, 4.69) is 16.5 Å². The molecule has 0 aliphatic carbocycles. The van der Waals surface area contributed by atoms with Crippen LogP contribution in [0.2, 0.25) is 0 Å². The maximum Gasteiger partial charge on any atom is 0.123 e. The van der Waals surface area contributed by atoms with Crippen LogP contribution in [0.15, 0.2) is 12.4 Å². The molecule has 1 saturated heterocycles. The molecule has 2 heterocycles. The molecule has 1 aliphatic rings. The summed E-state index contributed by atoms with van der Waals surface area (Å²) in [5.74, 6) is 1.39. The summed E-state index contributed by atoms with van der Waals surface area (Å²) in [5, 5.41) is 0. The Morgan fingerprint density at radius 3 is 3.14 bits per heavy atom. The molecule has 0 amide bonds. The number of aromatic nitrogens is 2. The zero-order chi connectivity index (χ0) is 9.97. The number of hydrogen-bond acceptors (Lipinski definition) is 2. The monoisotopic (exact) mass is 214 g/mol. The summed E-state index contributed by atoms with van der Waals surface area (Å²) in [6, 6.07) is 0. The number of rotatable bonds is 3. The zero-order valence-corrected chi connectivity index (χ0v) is 9.07. The highest BCUT2D eigenvalue weighted by Gasteiger charge is 2.22. The summed E-state index contributed by atoms with van der Waals surface area (Å²) in [7, 11) is 0. The number of imidazole rings is 1. The highest BCUT2D eigenvalue weighted by atomic mass is 35.5. The molecule has 1 fully saturated rings. The highest BCUT2D eigenvalue weighted by molar-refractivity contribution is 6.16. The molecule has 2 unspecified atom stereocenters. The first kappa shape index (κ1) is 9.99. The van der Waals surface area contributed by atoms with E-state index in [1.807, 2.05) is 6.20 Å². The largest absolute Gasteiger partial charge is 0.373 e. The lowest BCUT2D eigenvalue weighted by Crippen LogP contribution is -2.17. The first-order valence-corrected chi connectivity index (χ1v) is 5.54. The molecule has 78 valence electrons.